The minimum absolute atomic E-state index is 0.0775. The maximum Gasteiger partial charge on any atom is 0.337 e. The van der Waals surface area contributed by atoms with Crippen LogP contribution in [0, 0.1) is 6.92 Å². The third kappa shape index (κ3) is 3.66. The van der Waals surface area contributed by atoms with E-state index < -0.39 is 5.97 Å². The molecular formula is C19H19ClN2O3. The molecule has 5 nitrogen and oxygen atoms in total. The lowest BCUT2D eigenvalue weighted by Gasteiger charge is -2.25. The van der Waals surface area contributed by atoms with Crippen molar-refractivity contribution < 1.29 is 14.7 Å². The molecule has 6 heteroatoms. The topological polar surface area (TPSA) is 70.5 Å². The van der Waals surface area contributed by atoms with Crippen molar-refractivity contribution in [2.24, 2.45) is 0 Å². The number of pyridine rings is 1. The minimum atomic E-state index is -1.04. The largest absolute Gasteiger partial charge is 0.478 e. The molecule has 1 saturated heterocycles. The SMILES string of the molecule is Cc1nc(C(=O)N2CCCC2Cc2ccccc2Cl)ccc1C(=O)O. The molecule has 1 unspecified atom stereocenters. The molecule has 0 aliphatic carbocycles. The second-order valence-electron chi connectivity index (χ2n) is 6.22. The number of rotatable bonds is 4. The Morgan fingerprint density at radius 3 is 2.72 bits per heavy atom. The number of carboxylic acid groups (broad SMARTS) is 1. The van der Waals surface area contributed by atoms with Crippen molar-refractivity contribution in [1.82, 2.24) is 9.88 Å². The Hall–Kier alpha value is -2.40. The summed E-state index contributed by atoms with van der Waals surface area (Å²) in [6.45, 7) is 2.28. The van der Waals surface area contributed by atoms with Crippen molar-refractivity contribution >= 4 is 23.5 Å². The molecule has 0 bridgehead atoms. The van der Waals surface area contributed by atoms with Crippen molar-refractivity contribution in [3.05, 3.63) is 63.9 Å². The van der Waals surface area contributed by atoms with Crippen LogP contribution in [0.25, 0.3) is 0 Å². The monoisotopic (exact) mass is 358 g/mol. The van der Waals surface area contributed by atoms with Crippen LogP contribution >= 0.6 is 11.6 Å². The molecule has 1 fully saturated rings. The number of aromatic nitrogens is 1. The standard InChI is InChI=1S/C19H19ClN2O3/c1-12-15(19(24)25)8-9-17(21-12)18(23)22-10-4-6-14(22)11-13-5-2-3-7-16(13)20/h2-3,5,7-9,14H,4,6,10-11H2,1H3,(H,24,25). The lowest BCUT2D eigenvalue weighted by Crippen LogP contribution is -2.37. The summed E-state index contributed by atoms with van der Waals surface area (Å²) in [6, 6.07) is 10.7. The minimum Gasteiger partial charge on any atom is -0.478 e. The molecule has 2 aromatic rings. The first-order chi connectivity index (χ1) is 12.0. The number of carbonyl (C=O) groups excluding carboxylic acids is 1. The van der Waals surface area contributed by atoms with E-state index in [1.165, 1.54) is 12.1 Å². The van der Waals surface area contributed by atoms with Crippen LogP contribution in [0.4, 0.5) is 0 Å². The first-order valence-electron chi connectivity index (χ1n) is 8.22. The third-order valence-electron chi connectivity index (χ3n) is 4.59. The third-order valence-corrected chi connectivity index (χ3v) is 4.96. The van der Waals surface area contributed by atoms with Gasteiger partial charge in [-0.05, 0) is 49.9 Å². The van der Waals surface area contributed by atoms with Crippen LogP contribution in [0.3, 0.4) is 0 Å². The number of carboxylic acids is 1. The van der Waals surface area contributed by atoms with Gasteiger partial charge in [0.2, 0.25) is 0 Å². The van der Waals surface area contributed by atoms with Crippen molar-refractivity contribution in [3.8, 4) is 0 Å². The molecule has 1 N–H and O–H groups in total. The van der Waals surface area contributed by atoms with Crippen LogP contribution < -0.4 is 0 Å². The maximum absolute atomic E-state index is 12.8. The Kier molecular flexibility index (Phi) is 5.04. The van der Waals surface area contributed by atoms with Crippen LogP contribution in [0.5, 0.6) is 0 Å². The molecule has 0 spiro atoms. The van der Waals surface area contributed by atoms with Gasteiger partial charge in [0.15, 0.2) is 0 Å². The second kappa shape index (κ2) is 7.23. The van der Waals surface area contributed by atoms with E-state index in [0.29, 0.717) is 23.7 Å². The lowest BCUT2D eigenvalue weighted by atomic mass is 10.0. The average Bonchev–Trinajstić information content (AvgIpc) is 3.04. The highest BCUT2D eigenvalue weighted by Crippen LogP contribution is 2.26. The van der Waals surface area contributed by atoms with Gasteiger partial charge in [-0.2, -0.15) is 0 Å². The van der Waals surface area contributed by atoms with Crippen LogP contribution in [0.15, 0.2) is 36.4 Å². The van der Waals surface area contributed by atoms with Crippen LogP contribution in [0.1, 0.15) is 44.9 Å². The number of hydrogen-bond donors (Lipinski definition) is 1. The fourth-order valence-corrected chi connectivity index (χ4v) is 3.50. The van der Waals surface area contributed by atoms with Crippen LogP contribution in [-0.2, 0) is 6.42 Å². The highest BCUT2D eigenvalue weighted by Gasteiger charge is 2.30. The van der Waals surface area contributed by atoms with Gasteiger partial charge in [-0.15, -0.1) is 0 Å². The van der Waals surface area contributed by atoms with Crippen molar-refractivity contribution in [3.63, 3.8) is 0 Å². The number of hydrogen-bond acceptors (Lipinski definition) is 3. The number of aryl methyl sites for hydroxylation is 1. The normalized spacial score (nSPS) is 16.9. The molecule has 3 rings (SSSR count). The first-order valence-corrected chi connectivity index (χ1v) is 8.60. The first kappa shape index (κ1) is 17.4. The lowest BCUT2D eigenvalue weighted by molar-refractivity contribution is 0.0689. The summed E-state index contributed by atoms with van der Waals surface area (Å²) in [5.74, 6) is -1.20. The van der Waals surface area contributed by atoms with E-state index >= 15 is 0 Å². The number of nitrogens with zero attached hydrogens (tertiary/aromatic N) is 2. The Morgan fingerprint density at radius 2 is 2.04 bits per heavy atom. The Morgan fingerprint density at radius 1 is 1.28 bits per heavy atom. The molecule has 1 aliphatic rings. The molecule has 130 valence electrons. The van der Waals surface area contributed by atoms with Crippen molar-refractivity contribution in [2.75, 3.05) is 6.54 Å². The second-order valence-corrected chi connectivity index (χ2v) is 6.63. The van der Waals surface area contributed by atoms with E-state index in [9.17, 15) is 9.59 Å². The van der Waals surface area contributed by atoms with Gasteiger partial charge in [0.05, 0.1) is 11.3 Å². The van der Waals surface area contributed by atoms with E-state index in [-0.39, 0.29) is 23.2 Å². The quantitative estimate of drug-likeness (QED) is 0.906. The molecular weight excluding hydrogens is 340 g/mol. The summed E-state index contributed by atoms with van der Waals surface area (Å²) in [7, 11) is 0. The molecule has 1 aromatic carbocycles. The predicted molar refractivity (Wildman–Crippen MR) is 95.1 cm³/mol. The molecule has 2 heterocycles. The molecule has 25 heavy (non-hydrogen) atoms. The highest BCUT2D eigenvalue weighted by molar-refractivity contribution is 6.31. The van der Waals surface area contributed by atoms with Crippen LogP contribution in [0.2, 0.25) is 5.02 Å². The van der Waals surface area contributed by atoms with E-state index in [0.717, 1.165) is 18.4 Å². The van der Waals surface area contributed by atoms with Gasteiger partial charge in [-0.1, -0.05) is 29.8 Å². The summed E-state index contributed by atoms with van der Waals surface area (Å²) in [5, 5.41) is 9.80. The van der Waals surface area contributed by atoms with Gasteiger partial charge in [0.1, 0.15) is 5.69 Å². The van der Waals surface area contributed by atoms with Gasteiger partial charge in [-0.25, -0.2) is 9.78 Å². The zero-order valence-electron chi connectivity index (χ0n) is 13.9. The molecule has 1 amide bonds. The van der Waals surface area contributed by atoms with Crippen molar-refractivity contribution in [2.45, 2.75) is 32.2 Å². The zero-order chi connectivity index (χ0) is 18.0. The van der Waals surface area contributed by atoms with E-state index in [1.807, 2.05) is 29.2 Å². The summed E-state index contributed by atoms with van der Waals surface area (Å²) < 4.78 is 0. The smallest absolute Gasteiger partial charge is 0.337 e. The summed E-state index contributed by atoms with van der Waals surface area (Å²) in [5.41, 5.74) is 1.78. The molecule has 1 aliphatic heterocycles. The van der Waals surface area contributed by atoms with Gasteiger partial charge < -0.3 is 10.0 Å². The summed E-state index contributed by atoms with van der Waals surface area (Å²) in [6.07, 6.45) is 2.56. The number of halogens is 1. The fraction of sp³-hybridized carbons (Fsp3) is 0.316. The number of benzene rings is 1. The van der Waals surface area contributed by atoms with Gasteiger partial charge in [0, 0.05) is 17.6 Å². The van der Waals surface area contributed by atoms with E-state index in [2.05, 4.69) is 4.98 Å². The zero-order valence-corrected chi connectivity index (χ0v) is 14.7. The Bertz CT molecular complexity index is 822. The fourth-order valence-electron chi connectivity index (χ4n) is 3.29. The maximum atomic E-state index is 12.8. The van der Waals surface area contributed by atoms with Crippen LogP contribution in [-0.4, -0.2) is 39.5 Å². The number of amides is 1. The average molecular weight is 359 g/mol. The summed E-state index contributed by atoms with van der Waals surface area (Å²) in [4.78, 5) is 30.0. The van der Waals surface area contributed by atoms with Gasteiger partial charge >= 0.3 is 5.97 Å². The number of carbonyl (C=O) groups is 2. The Balaban J connectivity index is 1.80. The highest BCUT2D eigenvalue weighted by atomic mass is 35.5. The van der Waals surface area contributed by atoms with E-state index in [4.69, 9.17) is 16.7 Å². The van der Waals surface area contributed by atoms with E-state index in [1.54, 1.807) is 6.92 Å². The van der Waals surface area contributed by atoms with Crippen molar-refractivity contribution in [1.29, 1.82) is 0 Å². The summed E-state index contributed by atoms with van der Waals surface area (Å²) >= 11 is 6.24. The number of aromatic carboxylic acids is 1. The Labute approximate surface area is 151 Å². The number of likely N-dealkylation sites (tertiary alicyclic amines) is 1. The van der Waals surface area contributed by atoms with Gasteiger partial charge in [0.25, 0.3) is 5.91 Å². The molecule has 0 saturated carbocycles. The predicted octanol–water partition coefficient (Wildman–Crippen LogP) is 3.59. The molecule has 0 radical (unpaired) electrons. The molecule has 1 aromatic heterocycles. The van der Waals surface area contributed by atoms with Gasteiger partial charge in [-0.3, -0.25) is 4.79 Å². The molecule has 1 atom stereocenters.